The van der Waals surface area contributed by atoms with E-state index in [2.05, 4.69) is 106 Å². The van der Waals surface area contributed by atoms with Crippen molar-refractivity contribution in [3.05, 3.63) is 169 Å². The van der Waals surface area contributed by atoms with Crippen molar-refractivity contribution in [2.45, 2.75) is 0 Å². The summed E-state index contributed by atoms with van der Waals surface area (Å²) in [4.78, 5) is 0. The Morgan fingerprint density at radius 2 is 0.625 bits per heavy atom. The van der Waals surface area contributed by atoms with E-state index < -0.39 is 0 Å². The van der Waals surface area contributed by atoms with Gasteiger partial charge < -0.3 is 9.13 Å². The lowest BCUT2D eigenvalue weighted by molar-refractivity contribution is 1.12. The van der Waals surface area contributed by atoms with Crippen molar-refractivity contribution in [3.8, 4) is 45.8 Å². The zero-order valence-electron chi connectivity index (χ0n) is 25.8. The van der Waals surface area contributed by atoms with Crippen LogP contribution in [0.3, 0.4) is 0 Å². The highest BCUT2D eigenvalue weighted by Crippen LogP contribution is 2.48. The SMILES string of the molecule is N#Cc1c(-c2ccccc2)c(C#N)c(-n2c3ccccc3c3ccccc32)c(-c2ccccc2)c1-n1c2ccccc2c2ccccc21. The minimum absolute atomic E-state index is 0.452. The largest absolute Gasteiger partial charge is 0.307 e. The molecule has 0 aliphatic heterocycles. The molecule has 0 saturated carbocycles. The van der Waals surface area contributed by atoms with Gasteiger partial charge in [-0.05, 0) is 35.4 Å². The first kappa shape index (κ1) is 27.4. The highest BCUT2D eigenvalue weighted by molar-refractivity contribution is 6.13. The van der Waals surface area contributed by atoms with Gasteiger partial charge in [-0.3, -0.25) is 0 Å². The first-order chi connectivity index (χ1) is 23.8. The normalized spacial score (nSPS) is 11.3. The van der Waals surface area contributed by atoms with Gasteiger partial charge >= 0.3 is 0 Å². The van der Waals surface area contributed by atoms with Gasteiger partial charge in [0.1, 0.15) is 12.1 Å². The summed E-state index contributed by atoms with van der Waals surface area (Å²) in [6.07, 6.45) is 0. The van der Waals surface area contributed by atoms with Crippen LogP contribution >= 0.6 is 0 Å². The molecule has 2 aromatic heterocycles. The van der Waals surface area contributed by atoms with E-state index >= 15 is 0 Å². The fraction of sp³-hybridized carbons (Fsp3) is 0. The van der Waals surface area contributed by atoms with Crippen molar-refractivity contribution >= 4 is 43.6 Å². The zero-order valence-corrected chi connectivity index (χ0v) is 25.8. The molecule has 2 heterocycles. The van der Waals surface area contributed by atoms with E-state index in [4.69, 9.17) is 0 Å². The number of hydrogen-bond donors (Lipinski definition) is 0. The van der Waals surface area contributed by atoms with Crippen LogP contribution < -0.4 is 0 Å². The van der Waals surface area contributed by atoms with Gasteiger partial charge in [0.2, 0.25) is 0 Å². The molecule has 222 valence electrons. The van der Waals surface area contributed by atoms with E-state index in [0.29, 0.717) is 16.7 Å². The summed E-state index contributed by atoms with van der Waals surface area (Å²) < 4.78 is 4.47. The van der Waals surface area contributed by atoms with Crippen LogP contribution in [0.15, 0.2) is 158 Å². The van der Waals surface area contributed by atoms with Crippen molar-refractivity contribution < 1.29 is 0 Å². The van der Waals surface area contributed by atoms with Gasteiger partial charge in [0, 0.05) is 32.7 Å². The number of nitriles is 2. The number of rotatable bonds is 4. The van der Waals surface area contributed by atoms with Gasteiger partial charge in [-0.15, -0.1) is 0 Å². The Labute approximate surface area is 277 Å². The minimum Gasteiger partial charge on any atom is -0.307 e. The molecule has 0 aliphatic rings. The summed E-state index contributed by atoms with van der Waals surface area (Å²) in [5, 5.41) is 26.9. The van der Waals surface area contributed by atoms with E-state index in [1.165, 1.54) is 0 Å². The Morgan fingerprint density at radius 3 is 0.958 bits per heavy atom. The maximum atomic E-state index is 11.3. The highest BCUT2D eigenvalue weighted by atomic mass is 15.0. The van der Waals surface area contributed by atoms with Gasteiger partial charge in [-0.25, -0.2) is 0 Å². The predicted octanol–water partition coefficient (Wildman–Crippen LogP) is 11.0. The van der Waals surface area contributed by atoms with Gasteiger partial charge in [0.15, 0.2) is 0 Å². The maximum Gasteiger partial charge on any atom is 0.102 e. The van der Waals surface area contributed by atoms with Gasteiger partial charge in [-0.1, -0.05) is 133 Å². The number of fused-ring (bicyclic) bond motifs is 6. The van der Waals surface area contributed by atoms with E-state index in [1.807, 2.05) is 72.8 Å². The van der Waals surface area contributed by atoms with Crippen molar-refractivity contribution in [1.29, 1.82) is 10.5 Å². The molecule has 4 nitrogen and oxygen atoms in total. The van der Waals surface area contributed by atoms with E-state index in [1.54, 1.807) is 0 Å². The molecule has 7 aromatic carbocycles. The first-order valence-electron chi connectivity index (χ1n) is 15.9. The van der Waals surface area contributed by atoms with Crippen molar-refractivity contribution in [2.75, 3.05) is 0 Å². The average molecular weight is 611 g/mol. The predicted molar refractivity (Wildman–Crippen MR) is 195 cm³/mol. The quantitative estimate of drug-likeness (QED) is 0.199. The monoisotopic (exact) mass is 610 g/mol. The molecule has 48 heavy (non-hydrogen) atoms. The Bertz CT molecular complexity index is 2530. The smallest absolute Gasteiger partial charge is 0.102 e. The van der Waals surface area contributed by atoms with E-state index in [0.717, 1.165) is 71.7 Å². The number of benzene rings is 7. The molecule has 0 atom stereocenters. The van der Waals surface area contributed by atoms with Gasteiger partial charge in [0.05, 0.1) is 44.6 Å². The fourth-order valence-corrected chi connectivity index (χ4v) is 7.49. The molecular formula is C44H26N4. The molecule has 0 amide bonds. The van der Waals surface area contributed by atoms with Crippen LogP contribution in [0.25, 0.3) is 77.2 Å². The summed E-state index contributed by atoms with van der Waals surface area (Å²) in [5.74, 6) is 0. The minimum atomic E-state index is 0.452. The molecule has 9 rings (SSSR count). The molecule has 0 radical (unpaired) electrons. The molecule has 0 bridgehead atoms. The second-order valence-corrected chi connectivity index (χ2v) is 11.9. The van der Waals surface area contributed by atoms with E-state index in [-0.39, 0.29) is 0 Å². The van der Waals surface area contributed by atoms with Crippen molar-refractivity contribution in [3.63, 3.8) is 0 Å². The second kappa shape index (κ2) is 10.9. The van der Waals surface area contributed by atoms with Crippen LogP contribution in [-0.4, -0.2) is 9.13 Å². The van der Waals surface area contributed by atoms with Gasteiger partial charge in [0.25, 0.3) is 0 Å². The number of aromatic nitrogens is 2. The Balaban J connectivity index is 1.63. The number of hydrogen-bond acceptors (Lipinski definition) is 2. The summed E-state index contributed by atoms with van der Waals surface area (Å²) >= 11 is 0. The molecule has 4 heteroatoms. The second-order valence-electron chi connectivity index (χ2n) is 11.9. The molecule has 0 spiro atoms. The summed E-state index contributed by atoms with van der Waals surface area (Å²) in [6.45, 7) is 0. The lowest BCUT2D eigenvalue weighted by Crippen LogP contribution is -2.11. The van der Waals surface area contributed by atoms with Crippen LogP contribution in [0.2, 0.25) is 0 Å². The standard InChI is InChI=1S/C44H26N4/c45-27-35-41(29-15-3-1-4-16-29)36(28-46)44(48-39-25-13-9-21-33(39)34-22-10-14-26-40(34)48)42(30-17-5-2-6-18-30)43(35)47-37-23-11-7-19-31(37)32-20-8-12-24-38(32)47/h1-26H. The topological polar surface area (TPSA) is 57.4 Å². The molecular weight excluding hydrogens is 585 g/mol. The third kappa shape index (κ3) is 3.88. The number of nitrogens with zero attached hydrogens (tertiary/aromatic N) is 4. The maximum absolute atomic E-state index is 11.3. The molecule has 0 saturated heterocycles. The molecule has 0 fully saturated rings. The van der Waals surface area contributed by atoms with E-state index in [9.17, 15) is 10.5 Å². The van der Waals surface area contributed by atoms with Crippen molar-refractivity contribution in [2.24, 2.45) is 0 Å². The lowest BCUT2D eigenvalue weighted by Gasteiger charge is -2.25. The van der Waals surface area contributed by atoms with Crippen LogP contribution in [0, 0.1) is 22.7 Å². The van der Waals surface area contributed by atoms with Crippen LogP contribution in [0.1, 0.15) is 11.1 Å². The molecule has 0 unspecified atom stereocenters. The van der Waals surface area contributed by atoms with Crippen LogP contribution in [-0.2, 0) is 0 Å². The fourth-order valence-electron chi connectivity index (χ4n) is 7.49. The summed E-state index contributed by atoms with van der Waals surface area (Å²) in [7, 11) is 0. The third-order valence-electron chi connectivity index (χ3n) is 9.40. The lowest BCUT2D eigenvalue weighted by atomic mass is 9.86. The third-order valence-corrected chi connectivity index (χ3v) is 9.40. The molecule has 0 N–H and O–H groups in total. The van der Waals surface area contributed by atoms with Crippen LogP contribution in [0.4, 0.5) is 0 Å². The van der Waals surface area contributed by atoms with Crippen molar-refractivity contribution in [1.82, 2.24) is 9.13 Å². The highest BCUT2D eigenvalue weighted by Gasteiger charge is 2.31. The Morgan fingerprint density at radius 1 is 0.333 bits per heavy atom. The molecule has 9 aromatic rings. The summed E-state index contributed by atoms with van der Waals surface area (Å²) in [5.41, 5.74) is 9.53. The number of para-hydroxylation sites is 4. The Hall–Kier alpha value is -6.88. The first-order valence-corrected chi connectivity index (χ1v) is 15.9. The molecule has 0 aliphatic carbocycles. The summed E-state index contributed by atoms with van der Waals surface area (Å²) in [6, 6.07) is 58.7. The zero-order chi connectivity index (χ0) is 32.2. The average Bonchev–Trinajstić information content (AvgIpc) is 3.67. The van der Waals surface area contributed by atoms with Gasteiger partial charge in [-0.2, -0.15) is 10.5 Å². The van der Waals surface area contributed by atoms with Crippen LogP contribution in [0.5, 0.6) is 0 Å². The Kier molecular flexibility index (Phi) is 6.22.